The summed E-state index contributed by atoms with van der Waals surface area (Å²) in [5.74, 6) is 0.925. The van der Waals surface area contributed by atoms with Gasteiger partial charge in [-0.3, -0.25) is 0 Å². The Balaban J connectivity index is 2.28. The van der Waals surface area contributed by atoms with E-state index in [9.17, 15) is 0 Å². The molecule has 0 aliphatic carbocycles. The van der Waals surface area contributed by atoms with Crippen molar-refractivity contribution in [2.45, 2.75) is 39.7 Å². The molecule has 0 aromatic heterocycles. The SMILES string of the molecule is COc1ccc(CCC(C)NCC=C(C)C)cc1. The number of hydrogen-bond acceptors (Lipinski definition) is 2. The van der Waals surface area contributed by atoms with Crippen molar-refractivity contribution >= 4 is 0 Å². The summed E-state index contributed by atoms with van der Waals surface area (Å²) in [6.45, 7) is 7.46. The molecule has 100 valence electrons. The van der Waals surface area contributed by atoms with Gasteiger partial charge in [-0.25, -0.2) is 0 Å². The van der Waals surface area contributed by atoms with Crippen molar-refractivity contribution in [3.63, 3.8) is 0 Å². The lowest BCUT2D eigenvalue weighted by Crippen LogP contribution is -2.26. The number of hydrogen-bond donors (Lipinski definition) is 1. The van der Waals surface area contributed by atoms with Crippen LogP contribution in [0, 0.1) is 0 Å². The second kappa shape index (κ2) is 7.93. The lowest BCUT2D eigenvalue weighted by atomic mass is 10.1. The summed E-state index contributed by atoms with van der Waals surface area (Å²) in [5, 5.41) is 3.51. The van der Waals surface area contributed by atoms with Crippen LogP contribution >= 0.6 is 0 Å². The molecule has 0 bridgehead atoms. The largest absolute Gasteiger partial charge is 0.497 e. The summed E-state index contributed by atoms with van der Waals surface area (Å²) in [6, 6.07) is 8.87. The van der Waals surface area contributed by atoms with Gasteiger partial charge < -0.3 is 10.1 Å². The molecule has 1 atom stereocenters. The molecule has 1 aromatic rings. The maximum absolute atomic E-state index is 5.15. The molecule has 1 rings (SSSR count). The minimum atomic E-state index is 0.544. The summed E-state index contributed by atoms with van der Waals surface area (Å²) in [6.07, 6.45) is 4.49. The van der Waals surface area contributed by atoms with Crippen molar-refractivity contribution in [3.05, 3.63) is 41.5 Å². The van der Waals surface area contributed by atoms with Crippen LogP contribution in [0.25, 0.3) is 0 Å². The van der Waals surface area contributed by atoms with Crippen molar-refractivity contribution in [2.24, 2.45) is 0 Å². The highest BCUT2D eigenvalue weighted by molar-refractivity contribution is 5.27. The van der Waals surface area contributed by atoms with Gasteiger partial charge >= 0.3 is 0 Å². The molecule has 2 heteroatoms. The first kappa shape index (κ1) is 14.8. The minimum Gasteiger partial charge on any atom is -0.497 e. The number of benzene rings is 1. The van der Waals surface area contributed by atoms with Gasteiger partial charge in [0.25, 0.3) is 0 Å². The maximum atomic E-state index is 5.15. The van der Waals surface area contributed by atoms with Gasteiger partial charge in [0.15, 0.2) is 0 Å². The number of rotatable bonds is 7. The molecule has 0 amide bonds. The maximum Gasteiger partial charge on any atom is 0.118 e. The van der Waals surface area contributed by atoms with E-state index in [0.29, 0.717) is 6.04 Å². The Kier molecular flexibility index (Phi) is 6.51. The predicted octanol–water partition coefficient (Wildman–Crippen LogP) is 3.57. The molecule has 0 radical (unpaired) electrons. The number of methoxy groups -OCH3 is 1. The van der Waals surface area contributed by atoms with Crippen LogP contribution in [0.3, 0.4) is 0 Å². The third-order valence-electron chi connectivity index (χ3n) is 3.00. The summed E-state index contributed by atoms with van der Waals surface area (Å²) < 4.78 is 5.15. The van der Waals surface area contributed by atoms with Gasteiger partial charge in [0.1, 0.15) is 5.75 Å². The normalized spacial score (nSPS) is 12.0. The second-order valence-corrected chi connectivity index (χ2v) is 4.98. The zero-order chi connectivity index (χ0) is 13.4. The van der Waals surface area contributed by atoms with Crippen molar-refractivity contribution in [1.82, 2.24) is 5.32 Å². The molecule has 0 heterocycles. The smallest absolute Gasteiger partial charge is 0.118 e. The Morgan fingerprint density at radius 3 is 2.50 bits per heavy atom. The average Bonchev–Trinajstić information content (AvgIpc) is 2.36. The van der Waals surface area contributed by atoms with Crippen LogP contribution in [-0.4, -0.2) is 19.7 Å². The monoisotopic (exact) mass is 247 g/mol. The third kappa shape index (κ3) is 5.87. The predicted molar refractivity (Wildman–Crippen MR) is 78.2 cm³/mol. The zero-order valence-electron chi connectivity index (χ0n) is 12.0. The van der Waals surface area contributed by atoms with Crippen LogP contribution in [0.5, 0.6) is 5.75 Å². The molecule has 0 saturated carbocycles. The fraction of sp³-hybridized carbons (Fsp3) is 0.500. The molecular formula is C16H25NO. The number of nitrogens with one attached hydrogen (secondary N) is 1. The highest BCUT2D eigenvalue weighted by atomic mass is 16.5. The van der Waals surface area contributed by atoms with E-state index in [-0.39, 0.29) is 0 Å². The van der Waals surface area contributed by atoms with Gasteiger partial charge in [0.05, 0.1) is 7.11 Å². The quantitative estimate of drug-likeness (QED) is 0.744. The third-order valence-corrected chi connectivity index (χ3v) is 3.00. The van der Waals surface area contributed by atoms with Crippen LogP contribution in [0.1, 0.15) is 32.8 Å². The first-order chi connectivity index (χ1) is 8.61. The zero-order valence-corrected chi connectivity index (χ0v) is 12.0. The van der Waals surface area contributed by atoms with Crippen LogP contribution < -0.4 is 10.1 Å². The molecule has 0 spiro atoms. The number of ether oxygens (including phenoxy) is 1. The highest BCUT2D eigenvalue weighted by Gasteiger charge is 2.01. The average molecular weight is 247 g/mol. The fourth-order valence-corrected chi connectivity index (χ4v) is 1.74. The fourth-order valence-electron chi connectivity index (χ4n) is 1.74. The topological polar surface area (TPSA) is 21.3 Å². The lowest BCUT2D eigenvalue weighted by molar-refractivity contribution is 0.414. The van der Waals surface area contributed by atoms with E-state index >= 15 is 0 Å². The van der Waals surface area contributed by atoms with Gasteiger partial charge in [-0.05, 0) is 51.3 Å². The van der Waals surface area contributed by atoms with Crippen LogP contribution in [-0.2, 0) is 6.42 Å². The lowest BCUT2D eigenvalue weighted by Gasteiger charge is -2.12. The number of aryl methyl sites for hydroxylation is 1. The molecule has 0 saturated heterocycles. The van der Waals surface area contributed by atoms with E-state index in [4.69, 9.17) is 4.74 Å². The van der Waals surface area contributed by atoms with Crippen molar-refractivity contribution < 1.29 is 4.74 Å². The summed E-state index contributed by atoms with van der Waals surface area (Å²) in [7, 11) is 1.70. The summed E-state index contributed by atoms with van der Waals surface area (Å²) >= 11 is 0. The first-order valence-corrected chi connectivity index (χ1v) is 6.61. The van der Waals surface area contributed by atoms with E-state index < -0.39 is 0 Å². The van der Waals surface area contributed by atoms with Gasteiger partial charge in [-0.2, -0.15) is 0 Å². The van der Waals surface area contributed by atoms with Crippen molar-refractivity contribution in [2.75, 3.05) is 13.7 Å². The van der Waals surface area contributed by atoms with E-state index in [1.54, 1.807) is 7.11 Å². The molecule has 1 unspecified atom stereocenters. The van der Waals surface area contributed by atoms with Gasteiger partial charge in [-0.1, -0.05) is 23.8 Å². The van der Waals surface area contributed by atoms with Crippen molar-refractivity contribution in [3.8, 4) is 5.75 Å². The summed E-state index contributed by atoms with van der Waals surface area (Å²) in [5.41, 5.74) is 2.73. The molecule has 0 fully saturated rings. The second-order valence-electron chi connectivity index (χ2n) is 4.98. The van der Waals surface area contributed by atoms with Crippen LogP contribution in [0.4, 0.5) is 0 Å². The van der Waals surface area contributed by atoms with Gasteiger partial charge in [0, 0.05) is 12.6 Å². The standard InChI is InChI=1S/C16H25NO/c1-13(2)11-12-17-14(3)5-6-15-7-9-16(18-4)10-8-15/h7-11,14,17H,5-6,12H2,1-4H3. The molecule has 1 N–H and O–H groups in total. The molecule has 0 aliphatic rings. The Bertz CT molecular complexity index is 363. The minimum absolute atomic E-state index is 0.544. The molecule has 0 aliphatic heterocycles. The number of allylic oxidation sites excluding steroid dienone is 1. The Morgan fingerprint density at radius 1 is 1.28 bits per heavy atom. The molecule has 1 aromatic carbocycles. The Labute approximate surface area is 111 Å². The Hall–Kier alpha value is -1.28. The molecule has 18 heavy (non-hydrogen) atoms. The first-order valence-electron chi connectivity index (χ1n) is 6.61. The van der Waals surface area contributed by atoms with Gasteiger partial charge in [0.2, 0.25) is 0 Å². The molecular weight excluding hydrogens is 222 g/mol. The summed E-state index contributed by atoms with van der Waals surface area (Å²) in [4.78, 5) is 0. The Morgan fingerprint density at radius 2 is 1.94 bits per heavy atom. The van der Waals surface area contributed by atoms with Gasteiger partial charge in [-0.15, -0.1) is 0 Å². The van der Waals surface area contributed by atoms with E-state index in [1.807, 2.05) is 12.1 Å². The van der Waals surface area contributed by atoms with Crippen LogP contribution in [0.15, 0.2) is 35.9 Å². The molecule has 2 nitrogen and oxygen atoms in total. The van der Waals surface area contributed by atoms with Crippen molar-refractivity contribution in [1.29, 1.82) is 0 Å². The van der Waals surface area contributed by atoms with E-state index in [2.05, 4.69) is 44.3 Å². The highest BCUT2D eigenvalue weighted by Crippen LogP contribution is 2.13. The van der Waals surface area contributed by atoms with Crippen LogP contribution in [0.2, 0.25) is 0 Å². The van der Waals surface area contributed by atoms with E-state index in [0.717, 1.165) is 25.1 Å². The van der Waals surface area contributed by atoms with E-state index in [1.165, 1.54) is 11.1 Å².